The molecular formula is C32H40ClFN6O3. The molecule has 3 aliphatic rings. The zero-order valence-electron chi connectivity index (χ0n) is 24.7. The molecule has 0 spiro atoms. The van der Waals surface area contributed by atoms with Gasteiger partial charge in [0.25, 0.3) is 0 Å². The van der Waals surface area contributed by atoms with Gasteiger partial charge >= 0.3 is 0 Å². The van der Waals surface area contributed by atoms with E-state index in [4.69, 9.17) is 16.3 Å². The van der Waals surface area contributed by atoms with Crippen molar-refractivity contribution in [3.05, 3.63) is 77.0 Å². The van der Waals surface area contributed by atoms with E-state index in [0.29, 0.717) is 59.2 Å². The number of aliphatic hydroxyl groups is 1. The fourth-order valence-electron chi connectivity index (χ4n) is 5.66. The standard InChI is InChI=1S/C32H40ClFN6O3/c1-20(43-19-21-12-26(41)13-21)29(18-30(35-2)27-16-23(33)4-5-28(27)34)37-24-6-7-36-31(17-24)38-32(42)22-14-25(15-22)40-10-8-39(3)9-11-40/h4-7,16-18,21-22,25-26,41H,1,8-15,19H2,2-3H3,(H2,36,37,38,42)/b29-18+,35-30?. The molecule has 0 radical (unpaired) electrons. The van der Waals surface area contributed by atoms with Gasteiger partial charge in [-0.1, -0.05) is 18.2 Å². The molecule has 1 saturated heterocycles. The summed E-state index contributed by atoms with van der Waals surface area (Å²) in [6.07, 6.45) is 6.04. The number of carbonyl (C=O) groups is 1. The van der Waals surface area contributed by atoms with Gasteiger partial charge in [-0.05, 0) is 69.0 Å². The van der Waals surface area contributed by atoms with Crippen molar-refractivity contribution in [1.82, 2.24) is 14.8 Å². The molecule has 11 heteroatoms. The highest BCUT2D eigenvalue weighted by atomic mass is 35.5. The van der Waals surface area contributed by atoms with E-state index in [2.05, 4.69) is 44.0 Å². The zero-order chi connectivity index (χ0) is 30.5. The predicted octanol–water partition coefficient (Wildman–Crippen LogP) is 4.55. The van der Waals surface area contributed by atoms with Crippen LogP contribution in [0.3, 0.4) is 0 Å². The second kappa shape index (κ2) is 14.0. The predicted molar refractivity (Wildman–Crippen MR) is 168 cm³/mol. The molecule has 2 heterocycles. The molecule has 2 saturated carbocycles. The molecule has 5 rings (SSSR count). The van der Waals surface area contributed by atoms with Gasteiger partial charge in [-0.3, -0.25) is 14.7 Å². The second-order valence-corrected chi connectivity index (χ2v) is 12.2. The topological polar surface area (TPSA) is 102 Å². The first-order valence-electron chi connectivity index (χ1n) is 14.8. The van der Waals surface area contributed by atoms with Gasteiger partial charge < -0.3 is 25.4 Å². The Morgan fingerprint density at radius 3 is 2.63 bits per heavy atom. The van der Waals surface area contributed by atoms with Gasteiger partial charge in [0, 0.05) is 73.7 Å². The van der Waals surface area contributed by atoms with Gasteiger partial charge in [-0.2, -0.15) is 0 Å². The highest BCUT2D eigenvalue weighted by molar-refractivity contribution is 6.31. The molecule has 3 fully saturated rings. The smallest absolute Gasteiger partial charge is 0.228 e. The van der Waals surface area contributed by atoms with E-state index in [9.17, 15) is 14.3 Å². The highest BCUT2D eigenvalue weighted by Crippen LogP contribution is 2.33. The highest BCUT2D eigenvalue weighted by Gasteiger charge is 2.38. The lowest BCUT2D eigenvalue weighted by Crippen LogP contribution is -2.54. The van der Waals surface area contributed by atoms with Crippen LogP contribution in [0, 0.1) is 17.7 Å². The monoisotopic (exact) mass is 610 g/mol. The van der Waals surface area contributed by atoms with Gasteiger partial charge in [0.15, 0.2) is 0 Å². The number of hydrogen-bond donors (Lipinski definition) is 3. The van der Waals surface area contributed by atoms with Crippen LogP contribution in [0.1, 0.15) is 31.2 Å². The lowest BCUT2D eigenvalue weighted by Gasteiger charge is -2.45. The maximum atomic E-state index is 14.7. The number of aliphatic hydroxyl groups excluding tert-OH is 1. The number of benzene rings is 1. The van der Waals surface area contributed by atoms with E-state index >= 15 is 0 Å². The van der Waals surface area contributed by atoms with Gasteiger partial charge in [0.05, 0.1) is 24.1 Å². The van der Waals surface area contributed by atoms with Crippen LogP contribution in [0.5, 0.6) is 0 Å². The minimum Gasteiger partial charge on any atom is -0.492 e. The first-order chi connectivity index (χ1) is 20.7. The molecule has 43 heavy (non-hydrogen) atoms. The number of nitrogens with one attached hydrogen (secondary N) is 2. The number of amides is 1. The van der Waals surface area contributed by atoms with Crippen molar-refractivity contribution >= 4 is 34.7 Å². The summed E-state index contributed by atoms with van der Waals surface area (Å²) in [6.45, 7) is 8.72. The number of nitrogens with zero attached hydrogens (tertiary/aromatic N) is 4. The van der Waals surface area contributed by atoms with E-state index < -0.39 is 5.82 Å². The Morgan fingerprint density at radius 2 is 1.93 bits per heavy atom. The van der Waals surface area contributed by atoms with Crippen molar-refractivity contribution in [2.24, 2.45) is 16.8 Å². The molecule has 3 N–H and O–H groups in total. The van der Waals surface area contributed by atoms with Gasteiger partial charge in [-0.15, -0.1) is 0 Å². The molecule has 0 bridgehead atoms. The molecule has 0 unspecified atom stereocenters. The van der Waals surface area contributed by atoms with Crippen LogP contribution in [-0.4, -0.2) is 90.5 Å². The van der Waals surface area contributed by atoms with E-state index in [-0.39, 0.29) is 29.4 Å². The summed E-state index contributed by atoms with van der Waals surface area (Å²) >= 11 is 6.15. The Labute approximate surface area is 257 Å². The van der Waals surface area contributed by atoms with Crippen molar-refractivity contribution in [1.29, 1.82) is 0 Å². The van der Waals surface area contributed by atoms with Crippen LogP contribution in [0.15, 0.2) is 65.6 Å². The van der Waals surface area contributed by atoms with Crippen molar-refractivity contribution < 1.29 is 19.0 Å². The van der Waals surface area contributed by atoms with Crippen molar-refractivity contribution in [3.8, 4) is 0 Å². The Kier molecular flexibility index (Phi) is 10.1. The summed E-state index contributed by atoms with van der Waals surface area (Å²) in [6, 6.07) is 8.25. The third kappa shape index (κ3) is 8.00. The molecule has 0 atom stereocenters. The van der Waals surface area contributed by atoms with Crippen LogP contribution in [0.25, 0.3) is 0 Å². The molecule has 2 aromatic rings. The number of pyridine rings is 1. The summed E-state index contributed by atoms with van der Waals surface area (Å²) in [5, 5.41) is 16.3. The first kappa shape index (κ1) is 31.1. The van der Waals surface area contributed by atoms with Crippen molar-refractivity contribution in [3.63, 3.8) is 0 Å². The summed E-state index contributed by atoms with van der Waals surface area (Å²) < 4.78 is 20.7. The summed E-state index contributed by atoms with van der Waals surface area (Å²) in [4.78, 5) is 26.5. The Morgan fingerprint density at radius 1 is 1.19 bits per heavy atom. The molecule has 1 aromatic carbocycles. The molecular weight excluding hydrogens is 571 g/mol. The largest absolute Gasteiger partial charge is 0.492 e. The number of ether oxygens (including phenoxy) is 1. The minimum atomic E-state index is -0.463. The third-order valence-corrected chi connectivity index (χ3v) is 8.79. The number of allylic oxidation sites excluding steroid dienone is 1. The fourth-order valence-corrected chi connectivity index (χ4v) is 5.83. The Balaban J connectivity index is 1.26. The van der Waals surface area contributed by atoms with Crippen molar-refractivity contribution in [2.45, 2.75) is 37.8 Å². The molecule has 9 nitrogen and oxygen atoms in total. The van der Waals surface area contributed by atoms with Gasteiger partial charge in [-0.25, -0.2) is 9.37 Å². The lowest BCUT2D eigenvalue weighted by atomic mass is 9.78. The number of carbonyl (C=O) groups excluding carboxylic acids is 1. The van der Waals surface area contributed by atoms with Crippen LogP contribution >= 0.6 is 11.6 Å². The fraction of sp³-hybridized carbons (Fsp3) is 0.469. The number of likely N-dealkylation sites (N-methyl/N-ethyl adjacent to an activating group) is 1. The van der Waals surface area contributed by atoms with Crippen LogP contribution in [0.2, 0.25) is 5.02 Å². The van der Waals surface area contributed by atoms with E-state index in [1.165, 1.54) is 18.2 Å². The molecule has 2 aliphatic carbocycles. The van der Waals surface area contributed by atoms with Crippen LogP contribution in [0.4, 0.5) is 15.9 Å². The number of rotatable bonds is 11. The lowest BCUT2D eigenvalue weighted by molar-refractivity contribution is -0.124. The number of aromatic nitrogens is 1. The molecule has 1 aliphatic heterocycles. The average Bonchev–Trinajstić information content (AvgIpc) is 2.94. The van der Waals surface area contributed by atoms with E-state index in [0.717, 1.165) is 39.0 Å². The summed E-state index contributed by atoms with van der Waals surface area (Å²) in [5.74, 6) is 0.471. The zero-order valence-corrected chi connectivity index (χ0v) is 25.5. The van der Waals surface area contributed by atoms with Gasteiger partial charge in [0.1, 0.15) is 17.4 Å². The normalized spacial score (nSPS) is 25.0. The van der Waals surface area contributed by atoms with E-state index in [1.54, 1.807) is 31.5 Å². The summed E-state index contributed by atoms with van der Waals surface area (Å²) in [5.41, 5.74) is 1.67. The Bertz CT molecular complexity index is 1380. The van der Waals surface area contributed by atoms with E-state index in [1.807, 2.05) is 0 Å². The van der Waals surface area contributed by atoms with Crippen LogP contribution in [-0.2, 0) is 9.53 Å². The quantitative estimate of drug-likeness (QED) is 0.195. The number of aliphatic imine (C=N–C) groups is 1. The number of anilines is 2. The maximum Gasteiger partial charge on any atom is 0.228 e. The SMILES string of the molecule is C=C(OCC1CC(O)C1)/C(=C\C(=NC)c1cc(Cl)ccc1F)Nc1ccnc(NC(=O)C2CC(N3CCN(C)CC3)C2)c1. The number of halogens is 2. The first-order valence-corrected chi connectivity index (χ1v) is 15.2. The van der Waals surface area contributed by atoms with Crippen LogP contribution < -0.4 is 10.6 Å². The van der Waals surface area contributed by atoms with Crippen molar-refractivity contribution in [2.75, 3.05) is 57.5 Å². The molecule has 1 aromatic heterocycles. The average molecular weight is 611 g/mol. The molecule has 1 amide bonds. The number of hydrogen-bond acceptors (Lipinski definition) is 8. The summed E-state index contributed by atoms with van der Waals surface area (Å²) in [7, 11) is 3.71. The minimum absolute atomic E-state index is 0.0296. The maximum absolute atomic E-state index is 14.7. The third-order valence-electron chi connectivity index (χ3n) is 8.56. The second-order valence-electron chi connectivity index (χ2n) is 11.7. The molecule has 230 valence electrons. The number of piperazine rings is 1. The Hall–Kier alpha value is -3.31. The van der Waals surface area contributed by atoms with Gasteiger partial charge in [0.2, 0.25) is 5.91 Å².